The Kier molecular flexibility index (Phi) is 10.4. The molecule has 14 nitrogen and oxygen atoms in total. The summed E-state index contributed by atoms with van der Waals surface area (Å²) >= 11 is 11.6. The molecule has 0 aliphatic heterocycles. The predicted molar refractivity (Wildman–Crippen MR) is 193 cm³/mol. The summed E-state index contributed by atoms with van der Waals surface area (Å²) in [6, 6.07) is 23.7. The van der Waals surface area contributed by atoms with Crippen molar-refractivity contribution in [2.75, 3.05) is 21.3 Å². The van der Waals surface area contributed by atoms with E-state index in [0.717, 1.165) is 0 Å². The summed E-state index contributed by atoms with van der Waals surface area (Å²) in [4.78, 5) is 77.2. The number of carbonyl (C=O) groups excluding carboxylic acids is 2. The number of para-hydroxylation sites is 2. The van der Waals surface area contributed by atoms with Gasteiger partial charge in [-0.2, -0.15) is 0 Å². The molecule has 0 bridgehead atoms. The first kappa shape index (κ1) is 34.7. The molecule has 50 heavy (non-hydrogen) atoms. The number of halogens is 2. The number of hydrogen-bond acceptors (Lipinski definition) is 8. The van der Waals surface area contributed by atoms with Gasteiger partial charge in [-0.05, 0) is 66.7 Å². The number of nitrogens with one attached hydrogen (secondary N) is 6. The second kappa shape index (κ2) is 15.1. The highest BCUT2D eigenvalue weighted by molar-refractivity contribution is 6.31. The lowest BCUT2D eigenvalue weighted by molar-refractivity contribution is 0.261. The van der Waals surface area contributed by atoms with Gasteiger partial charge in [0.1, 0.15) is 11.4 Å². The van der Waals surface area contributed by atoms with Crippen LogP contribution in [0.1, 0.15) is 0 Å². The highest BCUT2D eigenvalue weighted by atomic mass is 35.5. The fourth-order valence-electron chi connectivity index (χ4n) is 4.55. The Balaban J connectivity index is 0.000000194. The summed E-state index contributed by atoms with van der Waals surface area (Å²) in [6.07, 6.45) is 0. The summed E-state index contributed by atoms with van der Waals surface area (Å²) in [7, 11) is 0. The van der Waals surface area contributed by atoms with E-state index in [-0.39, 0.29) is 21.8 Å². The fourth-order valence-corrected chi connectivity index (χ4v) is 4.87. The maximum Gasteiger partial charge on any atom is 0.323 e. The molecule has 0 saturated carbocycles. The Morgan fingerprint density at radius 3 is 1.46 bits per heavy atom. The minimum atomic E-state index is -1.06. The molecule has 4 aromatic carbocycles. The number of benzene rings is 4. The Bertz CT molecular complexity index is 2520. The zero-order chi connectivity index (χ0) is 35.9. The van der Waals surface area contributed by atoms with Gasteiger partial charge in [-0.3, -0.25) is 19.2 Å². The average molecular weight is 716 g/mol. The van der Waals surface area contributed by atoms with Gasteiger partial charge in [-0.1, -0.05) is 53.5 Å². The third-order valence-electron chi connectivity index (χ3n) is 6.86. The number of aromatic hydroxyl groups is 2. The van der Waals surface area contributed by atoms with Crippen LogP contribution in [0, 0.1) is 0 Å². The number of carbonyl (C=O) groups is 2. The third-order valence-corrected chi connectivity index (χ3v) is 7.35. The lowest BCUT2D eigenvalue weighted by Gasteiger charge is -2.07. The molecule has 6 rings (SSSR count). The number of amides is 4. The monoisotopic (exact) mass is 714 g/mol. The number of H-pyrrole nitrogens is 2. The van der Waals surface area contributed by atoms with Gasteiger partial charge in [0.2, 0.25) is 0 Å². The SMILES string of the molecule is O=C(Nc1ccc(Cl)cc1)Nc1c(O)c2ccccc2[nH]c(=O)c1=O.O=C(Nc1cccc(Cl)c1)Nc1c(O)c2ccccc2[nH]c(=O)c1=O. The van der Waals surface area contributed by atoms with E-state index in [9.17, 15) is 39.0 Å². The van der Waals surface area contributed by atoms with Crippen LogP contribution in [-0.4, -0.2) is 32.2 Å². The summed E-state index contributed by atoms with van der Waals surface area (Å²) in [5.74, 6) is -0.995. The largest absolute Gasteiger partial charge is 0.505 e. The molecular formula is C34H24Cl2N6O8. The van der Waals surface area contributed by atoms with Crippen LogP contribution in [0.5, 0.6) is 11.5 Å². The van der Waals surface area contributed by atoms with E-state index >= 15 is 0 Å². The number of anilines is 4. The first-order chi connectivity index (χ1) is 23.9. The van der Waals surface area contributed by atoms with E-state index in [2.05, 4.69) is 31.2 Å². The van der Waals surface area contributed by atoms with Gasteiger partial charge in [-0.15, -0.1) is 0 Å². The van der Waals surface area contributed by atoms with Crippen LogP contribution in [0.4, 0.5) is 32.3 Å². The molecule has 0 saturated heterocycles. The normalized spacial score (nSPS) is 10.4. The van der Waals surface area contributed by atoms with Gasteiger partial charge in [0.15, 0.2) is 11.5 Å². The molecule has 252 valence electrons. The molecule has 4 amide bonds. The fraction of sp³-hybridized carbons (Fsp3) is 0. The molecule has 2 heterocycles. The molecule has 8 N–H and O–H groups in total. The lowest BCUT2D eigenvalue weighted by atomic mass is 10.2. The van der Waals surface area contributed by atoms with Crippen molar-refractivity contribution < 1.29 is 19.8 Å². The number of aromatic amines is 2. The average Bonchev–Trinajstić information content (AvgIpc) is 3.23. The van der Waals surface area contributed by atoms with Crippen molar-refractivity contribution in [3.05, 3.63) is 148 Å². The third kappa shape index (κ3) is 8.07. The van der Waals surface area contributed by atoms with E-state index in [1.807, 2.05) is 0 Å². The highest BCUT2D eigenvalue weighted by Gasteiger charge is 2.16. The summed E-state index contributed by atoms with van der Waals surface area (Å²) < 4.78 is 0. The molecule has 16 heteroatoms. The van der Waals surface area contributed by atoms with Gasteiger partial charge < -0.3 is 41.4 Å². The van der Waals surface area contributed by atoms with Gasteiger partial charge in [0.25, 0.3) is 22.0 Å². The summed E-state index contributed by atoms with van der Waals surface area (Å²) in [5, 5.41) is 31.5. The van der Waals surface area contributed by atoms with Crippen molar-refractivity contribution >= 4 is 79.8 Å². The molecule has 0 radical (unpaired) electrons. The second-order valence-electron chi connectivity index (χ2n) is 10.3. The predicted octanol–water partition coefficient (Wildman–Crippen LogP) is 5.78. The van der Waals surface area contributed by atoms with Gasteiger partial charge in [0, 0.05) is 32.2 Å². The van der Waals surface area contributed by atoms with Crippen LogP contribution >= 0.6 is 23.2 Å². The number of hydrogen-bond donors (Lipinski definition) is 8. The van der Waals surface area contributed by atoms with E-state index in [1.54, 1.807) is 66.7 Å². The second-order valence-corrected chi connectivity index (χ2v) is 11.2. The first-order valence-electron chi connectivity index (χ1n) is 14.3. The topological polar surface area (TPSA) is 223 Å². The highest BCUT2D eigenvalue weighted by Crippen LogP contribution is 2.28. The van der Waals surface area contributed by atoms with Crippen molar-refractivity contribution in [3.8, 4) is 11.5 Å². The van der Waals surface area contributed by atoms with Gasteiger partial charge >= 0.3 is 12.1 Å². The van der Waals surface area contributed by atoms with Crippen molar-refractivity contribution in [1.29, 1.82) is 0 Å². The number of urea groups is 2. The van der Waals surface area contributed by atoms with Crippen LogP contribution < -0.4 is 43.2 Å². The van der Waals surface area contributed by atoms with E-state index in [1.165, 1.54) is 30.3 Å². The molecule has 6 aromatic rings. The van der Waals surface area contributed by atoms with E-state index in [4.69, 9.17) is 23.2 Å². The van der Waals surface area contributed by atoms with E-state index < -0.39 is 56.9 Å². The maximum atomic E-state index is 12.2. The zero-order valence-corrected chi connectivity index (χ0v) is 26.8. The standard InChI is InChI=1S/2C17H12ClN3O4/c18-9-4-3-5-10(8-9)19-17(25)21-13-14(22)11-6-1-2-7-12(11)20-16(24)15(13)23;18-9-5-7-10(8-6-9)19-17(25)21-13-14(22)11-3-1-2-4-12(11)20-16(24)15(13)23/h2*1-8H,(H4,19,20,21,22,23,24,25). The number of fused-ring (bicyclic) bond motifs is 2. The Morgan fingerprint density at radius 1 is 0.520 bits per heavy atom. The molecule has 0 atom stereocenters. The van der Waals surface area contributed by atoms with Crippen LogP contribution in [-0.2, 0) is 0 Å². The zero-order valence-electron chi connectivity index (χ0n) is 25.3. The minimum absolute atomic E-state index is 0.222. The van der Waals surface area contributed by atoms with Crippen LogP contribution in [0.15, 0.2) is 116 Å². The van der Waals surface area contributed by atoms with E-state index in [0.29, 0.717) is 21.4 Å². The van der Waals surface area contributed by atoms with Crippen molar-refractivity contribution in [3.63, 3.8) is 0 Å². The van der Waals surface area contributed by atoms with Crippen LogP contribution in [0.25, 0.3) is 21.8 Å². The molecule has 0 fully saturated rings. The van der Waals surface area contributed by atoms with Crippen molar-refractivity contribution in [2.24, 2.45) is 0 Å². The lowest BCUT2D eigenvalue weighted by Crippen LogP contribution is -2.30. The van der Waals surface area contributed by atoms with Crippen LogP contribution in [0.3, 0.4) is 0 Å². The molecule has 0 spiro atoms. The smallest absolute Gasteiger partial charge is 0.323 e. The summed E-state index contributed by atoms with van der Waals surface area (Å²) in [6.45, 7) is 0. The first-order valence-corrected chi connectivity index (χ1v) is 15.1. The Morgan fingerprint density at radius 2 is 0.980 bits per heavy atom. The molecule has 0 aliphatic carbocycles. The molecular weight excluding hydrogens is 691 g/mol. The number of aromatic nitrogens is 2. The number of rotatable bonds is 4. The van der Waals surface area contributed by atoms with Crippen LogP contribution in [0.2, 0.25) is 10.0 Å². The van der Waals surface area contributed by atoms with Gasteiger partial charge in [-0.25, -0.2) is 9.59 Å². The quantitative estimate of drug-likeness (QED) is 0.104. The van der Waals surface area contributed by atoms with Crippen molar-refractivity contribution in [1.82, 2.24) is 9.97 Å². The molecule has 0 unspecified atom stereocenters. The van der Waals surface area contributed by atoms with Crippen molar-refractivity contribution in [2.45, 2.75) is 0 Å². The maximum absolute atomic E-state index is 12.2. The Labute approximate surface area is 290 Å². The van der Waals surface area contributed by atoms with Gasteiger partial charge in [0.05, 0.1) is 11.0 Å². The Hall–Kier alpha value is -6.64. The molecule has 2 aromatic heterocycles. The summed E-state index contributed by atoms with van der Waals surface area (Å²) in [5.41, 5.74) is -3.71. The molecule has 0 aliphatic rings. The minimum Gasteiger partial charge on any atom is -0.505 e.